The van der Waals surface area contributed by atoms with E-state index in [1.165, 1.54) is 18.1 Å². The summed E-state index contributed by atoms with van der Waals surface area (Å²) in [7, 11) is 3.04. The molecule has 0 radical (unpaired) electrons. The number of Topliss-reactive ketones (excluding diaryl/α,β-unsaturated/α-hetero) is 1. The topological polar surface area (TPSA) is 76.1 Å². The molecule has 0 spiro atoms. The number of hydrogen-bond acceptors (Lipinski definition) is 5. The van der Waals surface area contributed by atoms with Crippen molar-refractivity contribution in [3.8, 4) is 11.5 Å². The van der Waals surface area contributed by atoms with Gasteiger partial charge < -0.3 is 14.6 Å². The highest BCUT2D eigenvalue weighted by Crippen LogP contribution is 2.43. The highest BCUT2D eigenvalue weighted by Gasteiger charge is 2.47. The number of aliphatic hydroxyl groups is 1. The van der Waals surface area contributed by atoms with E-state index < -0.39 is 17.7 Å². The number of nitrogens with zero attached hydrogens (tertiary/aromatic N) is 1. The second-order valence-corrected chi connectivity index (χ2v) is 8.04. The van der Waals surface area contributed by atoms with Gasteiger partial charge in [0.05, 0.1) is 30.9 Å². The minimum absolute atomic E-state index is 0.0205. The summed E-state index contributed by atoms with van der Waals surface area (Å²) in [6, 6.07) is 18.2. The molecule has 1 N–H and O–H groups in total. The molecule has 1 aliphatic rings. The summed E-state index contributed by atoms with van der Waals surface area (Å²) in [6.07, 6.45) is 0. The zero-order valence-corrected chi connectivity index (χ0v) is 19.1. The fraction of sp³-hybridized carbons (Fsp3) is 0.154. The Morgan fingerprint density at radius 1 is 0.970 bits per heavy atom. The fourth-order valence-corrected chi connectivity index (χ4v) is 4.21. The molecular weight excluding hydrogens is 442 g/mol. The van der Waals surface area contributed by atoms with Crippen molar-refractivity contribution in [2.45, 2.75) is 13.0 Å². The van der Waals surface area contributed by atoms with Crippen LogP contribution < -0.4 is 14.4 Å². The van der Waals surface area contributed by atoms with Crippen molar-refractivity contribution in [1.82, 2.24) is 0 Å². The average molecular weight is 464 g/mol. The number of carbonyl (C=O) groups excluding carboxylic acids is 2. The number of hydrogen-bond donors (Lipinski definition) is 1. The van der Waals surface area contributed by atoms with Crippen LogP contribution in [-0.4, -0.2) is 31.0 Å². The Hall–Kier alpha value is -3.77. The van der Waals surface area contributed by atoms with E-state index in [2.05, 4.69) is 0 Å². The van der Waals surface area contributed by atoms with Crippen LogP contribution in [0.15, 0.2) is 72.3 Å². The van der Waals surface area contributed by atoms with E-state index in [0.29, 0.717) is 28.3 Å². The van der Waals surface area contributed by atoms with Gasteiger partial charge >= 0.3 is 0 Å². The lowest BCUT2D eigenvalue weighted by Gasteiger charge is -2.26. The SMILES string of the molecule is COc1ccc(C2/C(=C(/O)c3ccc(OC)c(Cl)c3)C(=O)C(=O)N2c2cccc(C)c2)cc1. The van der Waals surface area contributed by atoms with Gasteiger partial charge in [-0.15, -0.1) is 0 Å². The number of carbonyl (C=O) groups is 2. The van der Waals surface area contributed by atoms with Gasteiger partial charge in [0.25, 0.3) is 11.7 Å². The molecule has 33 heavy (non-hydrogen) atoms. The Balaban J connectivity index is 1.93. The highest BCUT2D eigenvalue weighted by atomic mass is 35.5. The number of ether oxygens (including phenoxy) is 2. The molecule has 7 heteroatoms. The van der Waals surface area contributed by atoms with Crippen LogP contribution in [0.3, 0.4) is 0 Å². The molecule has 1 atom stereocenters. The van der Waals surface area contributed by atoms with Crippen LogP contribution >= 0.6 is 11.6 Å². The van der Waals surface area contributed by atoms with Crippen molar-refractivity contribution in [2.24, 2.45) is 0 Å². The standard InChI is InChI=1S/C26H22ClNO5/c1-15-5-4-6-18(13-15)28-23(16-7-10-19(32-2)11-8-16)22(25(30)26(28)31)24(29)17-9-12-21(33-3)20(27)14-17/h4-14,23,29H,1-3H3/b24-22-. The maximum atomic E-state index is 13.2. The molecular formula is C26H22ClNO5. The molecule has 1 unspecified atom stereocenters. The Morgan fingerprint density at radius 2 is 1.70 bits per heavy atom. The number of ketones is 1. The molecule has 0 aromatic heterocycles. The summed E-state index contributed by atoms with van der Waals surface area (Å²) in [5.74, 6) is -0.744. The number of rotatable bonds is 5. The van der Waals surface area contributed by atoms with Crippen molar-refractivity contribution >= 4 is 34.7 Å². The van der Waals surface area contributed by atoms with Gasteiger partial charge in [-0.2, -0.15) is 0 Å². The van der Waals surface area contributed by atoms with Crippen molar-refractivity contribution in [2.75, 3.05) is 19.1 Å². The summed E-state index contributed by atoms with van der Waals surface area (Å²) >= 11 is 6.24. The Labute approximate surface area is 196 Å². The first-order valence-electron chi connectivity index (χ1n) is 10.2. The molecule has 6 nitrogen and oxygen atoms in total. The zero-order chi connectivity index (χ0) is 23.7. The lowest BCUT2D eigenvalue weighted by Crippen LogP contribution is -2.29. The summed E-state index contributed by atoms with van der Waals surface area (Å²) in [4.78, 5) is 27.8. The summed E-state index contributed by atoms with van der Waals surface area (Å²) in [5.41, 5.74) is 2.43. The quantitative estimate of drug-likeness (QED) is 0.316. The van der Waals surface area contributed by atoms with Crippen LogP contribution in [0.2, 0.25) is 5.02 Å². The molecule has 0 aliphatic carbocycles. The molecule has 0 saturated carbocycles. The number of amides is 1. The number of anilines is 1. The van der Waals surface area contributed by atoms with E-state index in [-0.39, 0.29) is 16.4 Å². The van der Waals surface area contributed by atoms with Crippen molar-refractivity contribution in [3.05, 3.63) is 94.0 Å². The minimum Gasteiger partial charge on any atom is -0.507 e. The van der Waals surface area contributed by atoms with Gasteiger partial charge in [-0.1, -0.05) is 35.9 Å². The molecule has 168 valence electrons. The maximum Gasteiger partial charge on any atom is 0.300 e. The van der Waals surface area contributed by atoms with E-state index in [4.69, 9.17) is 21.1 Å². The summed E-state index contributed by atoms with van der Waals surface area (Å²) in [5, 5.41) is 11.5. The van der Waals surface area contributed by atoms with Crippen LogP contribution in [0, 0.1) is 6.92 Å². The zero-order valence-electron chi connectivity index (χ0n) is 18.3. The van der Waals surface area contributed by atoms with Crippen LogP contribution in [0.4, 0.5) is 5.69 Å². The van der Waals surface area contributed by atoms with E-state index in [9.17, 15) is 14.7 Å². The van der Waals surface area contributed by atoms with Gasteiger partial charge in [0.2, 0.25) is 0 Å². The molecule has 0 bridgehead atoms. The van der Waals surface area contributed by atoms with E-state index in [1.807, 2.05) is 25.1 Å². The van der Waals surface area contributed by atoms with Crippen molar-refractivity contribution in [1.29, 1.82) is 0 Å². The first-order valence-corrected chi connectivity index (χ1v) is 10.6. The van der Waals surface area contributed by atoms with E-state index in [1.54, 1.807) is 49.6 Å². The molecule has 1 heterocycles. The molecule has 1 aliphatic heterocycles. The van der Waals surface area contributed by atoms with Gasteiger partial charge in [-0.05, 0) is 60.5 Å². The summed E-state index contributed by atoms with van der Waals surface area (Å²) in [6.45, 7) is 1.90. The van der Waals surface area contributed by atoms with Crippen molar-refractivity contribution < 1.29 is 24.2 Å². The first kappa shape index (κ1) is 22.4. The van der Waals surface area contributed by atoms with E-state index >= 15 is 0 Å². The van der Waals surface area contributed by atoms with E-state index in [0.717, 1.165) is 5.56 Å². The van der Waals surface area contributed by atoms with Crippen molar-refractivity contribution in [3.63, 3.8) is 0 Å². The Bertz CT molecular complexity index is 1270. The van der Waals surface area contributed by atoms with Gasteiger partial charge in [0, 0.05) is 11.3 Å². The number of aryl methyl sites for hydroxylation is 1. The number of benzene rings is 3. The molecule has 1 fully saturated rings. The van der Waals surface area contributed by atoms with Crippen LogP contribution in [0.5, 0.6) is 11.5 Å². The highest BCUT2D eigenvalue weighted by molar-refractivity contribution is 6.51. The molecule has 1 saturated heterocycles. The second-order valence-electron chi connectivity index (χ2n) is 7.63. The lowest BCUT2D eigenvalue weighted by molar-refractivity contribution is -0.132. The monoisotopic (exact) mass is 463 g/mol. The van der Waals surface area contributed by atoms with Gasteiger partial charge in [0.15, 0.2) is 0 Å². The van der Waals surface area contributed by atoms with Gasteiger partial charge in [0.1, 0.15) is 17.3 Å². The molecule has 1 amide bonds. The fourth-order valence-electron chi connectivity index (χ4n) is 3.95. The lowest BCUT2D eigenvalue weighted by atomic mass is 9.95. The predicted octanol–water partition coefficient (Wildman–Crippen LogP) is 5.29. The van der Waals surface area contributed by atoms with Crippen LogP contribution in [-0.2, 0) is 9.59 Å². The third-order valence-corrected chi connectivity index (χ3v) is 5.88. The van der Waals surface area contributed by atoms with Crippen LogP contribution in [0.1, 0.15) is 22.7 Å². The summed E-state index contributed by atoms with van der Waals surface area (Å²) < 4.78 is 10.4. The third kappa shape index (κ3) is 4.05. The van der Waals surface area contributed by atoms with Gasteiger partial charge in [-0.3, -0.25) is 14.5 Å². The largest absolute Gasteiger partial charge is 0.507 e. The Morgan fingerprint density at radius 3 is 2.30 bits per heavy atom. The smallest absolute Gasteiger partial charge is 0.300 e. The van der Waals surface area contributed by atoms with Gasteiger partial charge in [-0.25, -0.2) is 0 Å². The third-order valence-electron chi connectivity index (χ3n) is 5.58. The Kier molecular flexibility index (Phi) is 6.11. The second kappa shape index (κ2) is 9.00. The average Bonchev–Trinajstić information content (AvgIpc) is 3.09. The molecule has 3 aromatic rings. The predicted molar refractivity (Wildman–Crippen MR) is 127 cm³/mol. The maximum absolute atomic E-state index is 13.2. The first-order chi connectivity index (χ1) is 15.8. The number of methoxy groups -OCH3 is 2. The molecule has 4 rings (SSSR count). The van der Waals surface area contributed by atoms with Crippen LogP contribution in [0.25, 0.3) is 5.76 Å². The minimum atomic E-state index is -0.835. The number of halogens is 1. The normalized spacial score (nSPS) is 17.3. The number of aliphatic hydroxyl groups excluding tert-OH is 1. The molecule has 3 aromatic carbocycles.